The van der Waals surface area contributed by atoms with Crippen LogP contribution in [-0.2, 0) is 0 Å². The SMILES string of the molecule is C(=NN=C(Nc1ccccc1)c1nc2ccccc2[nH]1)c1ccc(C=NN=C(Nc2ccccc2)c2nc3ccccc3[nH]2)cc1. The second-order valence-electron chi connectivity index (χ2n) is 10.2. The van der Waals surface area contributed by atoms with E-state index in [9.17, 15) is 0 Å². The van der Waals surface area contributed by atoms with Crippen molar-refractivity contribution < 1.29 is 0 Å². The van der Waals surface area contributed by atoms with Gasteiger partial charge < -0.3 is 20.6 Å². The number of benzene rings is 5. The van der Waals surface area contributed by atoms with E-state index < -0.39 is 0 Å². The van der Waals surface area contributed by atoms with E-state index in [0.29, 0.717) is 23.3 Å². The molecular weight excluding hydrogens is 572 g/mol. The molecule has 0 saturated heterocycles. The van der Waals surface area contributed by atoms with Gasteiger partial charge >= 0.3 is 0 Å². The van der Waals surface area contributed by atoms with E-state index in [1.165, 1.54) is 0 Å². The molecule has 0 atom stereocenters. The minimum Gasteiger partial charge on any atom is -0.336 e. The smallest absolute Gasteiger partial charge is 0.196 e. The first-order valence-corrected chi connectivity index (χ1v) is 14.6. The molecule has 0 aliphatic rings. The molecule has 0 unspecified atom stereocenters. The average molecular weight is 601 g/mol. The third-order valence-corrected chi connectivity index (χ3v) is 6.97. The van der Waals surface area contributed by atoms with Crippen LogP contribution in [0.5, 0.6) is 0 Å². The van der Waals surface area contributed by atoms with Crippen molar-refractivity contribution in [3.8, 4) is 0 Å². The highest BCUT2D eigenvalue weighted by atomic mass is 15.3. The Hall–Kier alpha value is -6.68. The van der Waals surface area contributed by atoms with Gasteiger partial charge in [0, 0.05) is 11.4 Å². The highest BCUT2D eigenvalue weighted by Crippen LogP contribution is 2.15. The molecule has 7 aromatic rings. The van der Waals surface area contributed by atoms with E-state index in [-0.39, 0.29) is 0 Å². The van der Waals surface area contributed by atoms with Crippen LogP contribution in [0.15, 0.2) is 154 Å². The second kappa shape index (κ2) is 13.3. The number of para-hydroxylation sites is 6. The van der Waals surface area contributed by atoms with Crippen molar-refractivity contribution in [2.24, 2.45) is 20.4 Å². The van der Waals surface area contributed by atoms with Gasteiger partial charge in [0.05, 0.1) is 34.5 Å². The number of nitrogens with one attached hydrogen (secondary N) is 4. The second-order valence-corrected chi connectivity index (χ2v) is 10.2. The summed E-state index contributed by atoms with van der Waals surface area (Å²) in [5.74, 6) is 2.20. The van der Waals surface area contributed by atoms with Crippen LogP contribution in [0.2, 0.25) is 0 Å². The van der Waals surface area contributed by atoms with Gasteiger partial charge in [0.15, 0.2) is 23.3 Å². The van der Waals surface area contributed by atoms with Gasteiger partial charge in [-0.05, 0) is 59.7 Å². The summed E-state index contributed by atoms with van der Waals surface area (Å²) >= 11 is 0. The fourth-order valence-corrected chi connectivity index (χ4v) is 4.68. The van der Waals surface area contributed by atoms with E-state index in [2.05, 4.69) is 51.0 Å². The molecule has 0 spiro atoms. The molecule has 0 bridgehead atoms. The molecule has 0 radical (unpaired) electrons. The summed E-state index contributed by atoms with van der Waals surface area (Å²) in [5.41, 5.74) is 7.06. The summed E-state index contributed by atoms with van der Waals surface area (Å²) in [4.78, 5) is 16.0. The summed E-state index contributed by atoms with van der Waals surface area (Å²) < 4.78 is 0. The van der Waals surface area contributed by atoms with Crippen LogP contribution in [0.1, 0.15) is 22.8 Å². The first-order chi connectivity index (χ1) is 22.8. The number of imidazole rings is 2. The summed E-state index contributed by atoms with van der Waals surface area (Å²) in [6.07, 6.45) is 3.38. The molecule has 10 heteroatoms. The minimum absolute atomic E-state index is 0.504. The molecule has 0 amide bonds. The fraction of sp³-hybridized carbons (Fsp3) is 0. The number of aromatic amines is 2. The van der Waals surface area contributed by atoms with E-state index in [1.807, 2.05) is 133 Å². The van der Waals surface area contributed by atoms with Crippen molar-refractivity contribution in [1.29, 1.82) is 0 Å². The third kappa shape index (κ3) is 6.76. The van der Waals surface area contributed by atoms with Crippen molar-refractivity contribution in [2.45, 2.75) is 0 Å². The van der Waals surface area contributed by atoms with Gasteiger partial charge in [0.25, 0.3) is 0 Å². The quantitative estimate of drug-likeness (QED) is 0.0833. The number of amidine groups is 2. The van der Waals surface area contributed by atoms with Gasteiger partial charge in [-0.25, -0.2) is 9.97 Å². The standard InChI is InChI=1S/C36H28N10/c1-3-11-27(12-4-1)39-35(33-41-29-15-7-8-16-30(29)42-33)45-37-23-25-19-21-26(22-20-25)24-38-46-36(40-28-13-5-2-6-14-28)34-43-31-17-9-10-18-32(31)44-34/h1-24H,(H,39,45)(H,40,46)(H,41,42)(H,43,44). The summed E-state index contributed by atoms with van der Waals surface area (Å²) in [6, 6.07) is 43.1. The van der Waals surface area contributed by atoms with Crippen molar-refractivity contribution in [3.63, 3.8) is 0 Å². The molecule has 0 aliphatic carbocycles. The summed E-state index contributed by atoms with van der Waals surface area (Å²) in [5, 5.41) is 24.3. The molecule has 46 heavy (non-hydrogen) atoms. The zero-order chi connectivity index (χ0) is 31.0. The van der Waals surface area contributed by atoms with Gasteiger partial charge in [-0.2, -0.15) is 10.2 Å². The van der Waals surface area contributed by atoms with Crippen molar-refractivity contribution in [1.82, 2.24) is 19.9 Å². The topological polar surface area (TPSA) is 131 Å². The van der Waals surface area contributed by atoms with E-state index in [4.69, 9.17) is 0 Å². The molecular formula is C36H28N10. The van der Waals surface area contributed by atoms with Crippen LogP contribution in [0.3, 0.4) is 0 Å². The van der Waals surface area contributed by atoms with Crippen LogP contribution in [0, 0.1) is 0 Å². The number of nitrogens with zero attached hydrogens (tertiary/aromatic N) is 6. The van der Waals surface area contributed by atoms with Crippen LogP contribution >= 0.6 is 0 Å². The Kier molecular flexibility index (Phi) is 8.13. The summed E-state index contributed by atoms with van der Waals surface area (Å²) in [7, 11) is 0. The molecule has 2 aromatic heterocycles. The number of aromatic nitrogens is 4. The molecule has 2 heterocycles. The lowest BCUT2D eigenvalue weighted by atomic mass is 10.2. The summed E-state index contributed by atoms with van der Waals surface area (Å²) in [6.45, 7) is 0. The maximum atomic E-state index is 4.68. The number of anilines is 2. The lowest BCUT2D eigenvalue weighted by Crippen LogP contribution is -2.15. The minimum atomic E-state index is 0.504. The third-order valence-electron chi connectivity index (χ3n) is 6.97. The van der Waals surface area contributed by atoms with Gasteiger partial charge in [0.1, 0.15) is 0 Å². The van der Waals surface area contributed by atoms with E-state index in [1.54, 1.807) is 12.4 Å². The van der Waals surface area contributed by atoms with E-state index in [0.717, 1.165) is 44.6 Å². The first kappa shape index (κ1) is 28.1. The Morgan fingerprint density at radius 2 is 0.870 bits per heavy atom. The van der Waals surface area contributed by atoms with Gasteiger partial charge in [-0.15, -0.1) is 10.2 Å². The number of rotatable bonds is 8. The molecule has 0 fully saturated rings. The molecule has 222 valence electrons. The van der Waals surface area contributed by atoms with Gasteiger partial charge in [-0.3, -0.25) is 0 Å². The maximum Gasteiger partial charge on any atom is 0.196 e. The number of hydrogen-bond acceptors (Lipinski definition) is 6. The van der Waals surface area contributed by atoms with Crippen LogP contribution < -0.4 is 10.6 Å². The zero-order valence-corrected chi connectivity index (χ0v) is 24.5. The molecule has 7 rings (SSSR count). The predicted octanol–water partition coefficient (Wildman–Crippen LogP) is 7.22. The monoisotopic (exact) mass is 600 g/mol. The zero-order valence-electron chi connectivity index (χ0n) is 24.5. The highest BCUT2D eigenvalue weighted by Gasteiger charge is 2.11. The Balaban J connectivity index is 1.09. The maximum absolute atomic E-state index is 4.68. The number of fused-ring (bicyclic) bond motifs is 2. The molecule has 0 aliphatic heterocycles. The first-order valence-electron chi connectivity index (χ1n) is 14.6. The lowest BCUT2D eigenvalue weighted by Gasteiger charge is -2.06. The molecule has 4 N–H and O–H groups in total. The lowest BCUT2D eigenvalue weighted by molar-refractivity contribution is 1.19. The highest BCUT2D eigenvalue weighted by molar-refractivity contribution is 6.08. The van der Waals surface area contributed by atoms with Crippen LogP contribution in [0.25, 0.3) is 22.1 Å². The Labute approximate surface area is 264 Å². The van der Waals surface area contributed by atoms with Crippen molar-refractivity contribution in [3.05, 3.63) is 156 Å². The van der Waals surface area contributed by atoms with Gasteiger partial charge in [-0.1, -0.05) is 84.9 Å². The molecule has 5 aromatic carbocycles. The molecule has 10 nitrogen and oxygen atoms in total. The van der Waals surface area contributed by atoms with Gasteiger partial charge in [0.2, 0.25) is 0 Å². The normalized spacial score (nSPS) is 12.4. The number of hydrogen-bond donors (Lipinski definition) is 4. The van der Waals surface area contributed by atoms with Crippen LogP contribution in [-0.4, -0.2) is 44.0 Å². The Morgan fingerprint density at radius 3 is 1.28 bits per heavy atom. The largest absolute Gasteiger partial charge is 0.336 e. The predicted molar refractivity (Wildman–Crippen MR) is 187 cm³/mol. The van der Waals surface area contributed by atoms with Crippen LogP contribution in [0.4, 0.5) is 11.4 Å². The molecule has 0 saturated carbocycles. The number of H-pyrrole nitrogens is 2. The van der Waals surface area contributed by atoms with Crippen molar-refractivity contribution in [2.75, 3.05) is 10.6 Å². The Morgan fingerprint density at radius 1 is 0.478 bits per heavy atom. The van der Waals surface area contributed by atoms with Crippen molar-refractivity contribution >= 4 is 57.5 Å². The fourth-order valence-electron chi connectivity index (χ4n) is 4.68. The Bertz CT molecular complexity index is 1970. The van der Waals surface area contributed by atoms with E-state index >= 15 is 0 Å². The average Bonchev–Trinajstić information content (AvgIpc) is 3.74.